The highest BCUT2D eigenvalue weighted by Gasteiger charge is 2.23. The zero-order valence-electron chi connectivity index (χ0n) is 12.1. The highest BCUT2D eigenvalue weighted by Crippen LogP contribution is 2.34. The van der Waals surface area contributed by atoms with Crippen molar-refractivity contribution in [1.29, 1.82) is 0 Å². The molecule has 21 heavy (non-hydrogen) atoms. The molecule has 3 rings (SSSR count). The van der Waals surface area contributed by atoms with E-state index in [-0.39, 0.29) is 0 Å². The highest BCUT2D eigenvalue weighted by molar-refractivity contribution is 7.99. The molecule has 2 heterocycles. The first kappa shape index (κ1) is 14.2. The molecule has 2 aromatic heterocycles. The Bertz CT molecular complexity index is 634. The Morgan fingerprint density at radius 2 is 2.00 bits per heavy atom. The molecule has 0 aliphatic heterocycles. The van der Waals surface area contributed by atoms with Crippen LogP contribution in [0.2, 0.25) is 0 Å². The highest BCUT2D eigenvalue weighted by atomic mass is 32.2. The van der Waals surface area contributed by atoms with E-state index in [1.165, 1.54) is 24.6 Å². The number of rotatable bonds is 4. The van der Waals surface area contributed by atoms with Crippen molar-refractivity contribution in [3.8, 4) is 0 Å². The Balaban J connectivity index is 1.90. The van der Waals surface area contributed by atoms with Crippen molar-refractivity contribution in [3.05, 3.63) is 11.4 Å². The van der Waals surface area contributed by atoms with Gasteiger partial charge in [0.15, 0.2) is 0 Å². The number of nitrogen functional groups attached to an aromatic ring is 1. The first-order valence-corrected chi connectivity index (χ1v) is 7.78. The third kappa shape index (κ3) is 2.84. The zero-order chi connectivity index (χ0) is 14.8. The number of aromatic nitrogens is 6. The molecule has 1 saturated carbocycles. The van der Waals surface area contributed by atoms with Gasteiger partial charge in [-0.25, -0.2) is 20.5 Å². The number of aryl methyl sites for hydroxylation is 1. The second kappa shape index (κ2) is 5.94. The fourth-order valence-electron chi connectivity index (χ4n) is 2.56. The van der Waals surface area contributed by atoms with Crippen LogP contribution in [0, 0.1) is 13.8 Å². The maximum absolute atomic E-state index is 5.50. The topological polar surface area (TPSA) is 107 Å². The molecule has 8 nitrogen and oxygen atoms in total. The summed E-state index contributed by atoms with van der Waals surface area (Å²) in [6, 6.07) is 0.401. The van der Waals surface area contributed by atoms with Gasteiger partial charge in [-0.15, -0.1) is 5.10 Å². The Morgan fingerprint density at radius 1 is 1.24 bits per heavy atom. The molecule has 9 heteroatoms. The lowest BCUT2D eigenvalue weighted by atomic mass is 10.3. The van der Waals surface area contributed by atoms with E-state index in [2.05, 4.69) is 30.9 Å². The first-order chi connectivity index (χ1) is 10.2. The smallest absolute Gasteiger partial charge is 0.215 e. The molecule has 0 aromatic carbocycles. The maximum atomic E-state index is 5.50. The van der Waals surface area contributed by atoms with Crippen molar-refractivity contribution in [2.75, 3.05) is 5.43 Å². The van der Waals surface area contributed by atoms with Crippen molar-refractivity contribution in [2.24, 2.45) is 5.84 Å². The average molecular weight is 306 g/mol. The fraction of sp³-hybridized carbons (Fsp3) is 0.583. The number of nitrogens with zero attached hydrogens (tertiary/aromatic N) is 6. The Hall–Kier alpha value is -1.74. The molecule has 0 atom stereocenters. The molecular formula is C12H18N8S. The second-order valence-electron chi connectivity index (χ2n) is 5.14. The van der Waals surface area contributed by atoms with Gasteiger partial charge >= 0.3 is 0 Å². The van der Waals surface area contributed by atoms with Gasteiger partial charge in [0.1, 0.15) is 16.7 Å². The van der Waals surface area contributed by atoms with Gasteiger partial charge in [-0.1, -0.05) is 12.8 Å². The van der Waals surface area contributed by atoms with Gasteiger partial charge in [0, 0.05) is 5.56 Å². The summed E-state index contributed by atoms with van der Waals surface area (Å²) in [5.74, 6) is 6.79. The summed E-state index contributed by atoms with van der Waals surface area (Å²) in [7, 11) is 0. The molecule has 0 unspecified atom stereocenters. The van der Waals surface area contributed by atoms with Crippen LogP contribution < -0.4 is 11.3 Å². The normalized spacial score (nSPS) is 15.6. The number of tetrazole rings is 1. The minimum absolute atomic E-state index is 0.401. The number of hydrazine groups is 1. The molecule has 3 N–H and O–H groups in total. The molecule has 0 bridgehead atoms. The van der Waals surface area contributed by atoms with Gasteiger partial charge in [0.25, 0.3) is 0 Å². The molecular weight excluding hydrogens is 288 g/mol. The Labute approximate surface area is 126 Å². The third-order valence-electron chi connectivity index (χ3n) is 3.67. The van der Waals surface area contributed by atoms with Crippen LogP contribution in [0.4, 0.5) is 5.82 Å². The standard InChI is InChI=1S/C12H18N8S/c1-7-10(16-13)14-8(2)15-11(7)21-12-17-18-19-20(12)9-5-3-4-6-9/h9H,3-6,13H2,1-2H3,(H,14,15,16). The van der Waals surface area contributed by atoms with E-state index in [0.717, 1.165) is 28.6 Å². The van der Waals surface area contributed by atoms with Crippen LogP contribution in [0.1, 0.15) is 43.1 Å². The van der Waals surface area contributed by atoms with Crippen LogP contribution in [0.25, 0.3) is 0 Å². The number of hydrogen-bond donors (Lipinski definition) is 2. The summed E-state index contributed by atoms with van der Waals surface area (Å²) < 4.78 is 1.92. The molecule has 1 aliphatic rings. The summed E-state index contributed by atoms with van der Waals surface area (Å²) in [6.45, 7) is 3.77. The zero-order valence-corrected chi connectivity index (χ0v) is 12.9. The number of anilines is 1. The first-order valence-electron chi connectivity index (χ1n) is 6.96. The molecule has 0 saturated heterocycles. The maximum Gasteiger partial charge on any atom is 0.215 e. The van der Waals surface area contributed by atoms with E-state index in [0.29, 0.717) is 17.7 Å². The van der Waals surface area contributed by atoms with E-state index in [9.17, 15) is 0 Å². The van der Waals surface area contributed by atoms with Crippen LogP contribution >= 0.6 is 11.8 Å². The SMILES string of the molecule is Cc1nc(NN)c(C)c(Sc2nnnn2C2CCCC2)n1. The summed E-state index contributed by atoms with van der Waals surface area (Å²) >= 11 is 1.46. The number of nitrogens with one attached hydrogen (secondary N) is 1. The van der Waals surface area contributed by atoms with Gasteiger partial charge in [0.05, 0.1) is 6.04 Å². The molecule has 2 aromatic rings. The molecule has 0 spiro atoms. The van der Waals surface area contributed by atoms with Crippen molar-refractivity contribution in [1.82, 2.24) is 30.2 Å². The quantitative estimate of drug-likeness (QED) is 0.498. The monoisotopic (exact) mass is 306 g/mol. The summed E-state index contributed by atoms with van der Waals surface area (Å²) in [5, 5.41) is 13.7. The van der Waals surface area contributed by atoms with E-state index in [1.807, 2.05) is 18.5 Å². The summed E-state index contributed by atoms with van der Waals surface area (Å²) in [4.78, 5) is 8.73. The van der Waals surface area contributed by atoms with Gasteiger partial charge in [-0.05, 0) is 48.9 Å². The van der Waals surface area contributed by atoms with Crippen molar-refractivity contribution >= 4 is 17.6 Å². The van der Waals surface area contributed by atoms with E-state index in [4.69, 9.17) is 5.84 Å². The van der Waals surface area contributed by atoms with E-state index < -0.39 is 0 Å². The third-order valence-corrected chi connectivity index (χ3v) is 4.71. The van der Waals surface area contributed by atoms with Crippen molar-refractivity contribution < 1.29 is 0 Å². The second-order valence-corrected chi connectivity index (χ2v) is 6.10. The van der Waals surface area contributed by atoms with Crippen LogP contribution in [-0.2, 0) is 0 Å². The largest absolute Gasteiger partial charge is 0.308 e. The van der Waals surface area contributed by atoms with Crippen LogP contribution in [0.3, 0.4) is 0 Å². The predicted molar refractivity (Wildman–Crippen MR) is 78.8 cm³/mol. The number of hydrogen-bond acceptors (Lipinski definition) is 8. The lowest BCUT2D eigenvalue weighted by Gasteiger charge is -2.12. The van der Waals surface area contributed by atoms with Gasteiger partial charge in [-0.2, -0.15) is 0 Å². The van der Waals surface area contributed by atoms with Gasteiger partial charge < -0.3 is 5.43 Å². The molecule has 112 valence electrons. The Kier molecular flexibility index (Phi) is 4.02. The minimum atomic E-state index is 0.401. The van der Waals surface area contributed by atoms with Crippen molar-refractivity contribution in [2.45, 2.75) is 55.8 Å². The molecule has 0 amide bonds. The fourth-order valence-corrected chi connectivity index (χ4v) is 3.52. The molecule has 1 fully saturated rings. The summed E-state index contributed by atoms with van der Waals surface area (Å²) in [6.07, 6.45) is 4.75. The van der Waals surface area contributed by atoms with Crippen molar-refractivity contribution in [3.63, 3.8) is 0 Å². The van der Waals surface area contributed by atoms with Gasteiger partial charge in [-0.3, -0.25) is 0 Å². The predicted octanol–water partition coefficient (Wildman–Crippen LogP) is 1.63. The van der Waals surface area contributed by atoms with Crippen LogP contribution in [0.5, 0.6) is 0 Å². The van der Waals surface area contributed by atoms with Gasteiger partial charge in [0.2, 0.25) is 5.16 Å². The molecule has 0 radical (unpaired) electrons. The summed E-state index contributed by atoms with van der Waals surface area (Å²) in [5.41, 5.74) is 3.50. The van der Waals surface area contributed by atoms with E-state index in [1.54, 1.807) is 0 Å². The molecule has 1 aliphatic carbocycles. The van der Waals surface area contributed by atoms with Crippen LogP contribution in [-0.4, -0.2) is 30.2 Å². The number of nitrogens with two attached hydrogens (primary N) is 1. The lowest BCUT2D eigenvalue weighted by molar-refractivity contribution is 0.423. The lowest BCUT2D eigenvalue weighted by Crippen LogP contribution is -2.12. The minimum Gasteiger partial charge on any atom is -0.308 e. The van der Waals surface area contributed by atoms with Crippen LogP contribution in [0.15, 0.2) is 10.2 Å². The average Bonchev–Trinajstić information content (AvgIpc) is 3.12. The Morgan fingerprint density at radius 3 is 2.71 bits per heavy atom. The van der Waals surface area contributed by atoms with E-state index >= 15 is 0 Å².